The molecule has 0 radical (unpaired) electrons. The van der Waals surface area contributed by atoms with Crippen LogP contribution in [0.5, 0.6) is 0 Å². The largest absolute Gasteiger partial charge is 0.380 e. The first-order valence-electron chi connectivity index (χ1n) is 8.29. The molecule has 148 valence electrons. The number of nitro benzene ring substituents is 1. The average molecular weight is 400 g/mol. The molecule has 2 fully saturated rings. The number of carbonyl (C=O) groups excluding carboxylic acids is 1. The predicted molar refractivity (Wildman–Crippen MR) is 93.6 cm³/mol. The van der Waals surface area contributed by atoms with Crippen molar-refractivity contribution in [3.05, 3.63) is 28.3 Å². The normalized spacial score (nSPS) is 20.8. The van der Waals surface area contributed by atoms with Gasteiger partial charge in [0.1, 0.15) is 5.69 Å². The molecule has 1 unspecified atom stereocenters. The fraction of sp³-hybridized carbons (Fsp3) is 0.533. The fourth-order valence-corrected chi connectivity index (χ4v) is 3.43. The smallest absolute Gasteiger partial charge is 0.293 e. The third-order valence-corrected chi connectivity index (χ3v) is 5.36. The first-order valence-corrected chi connectivity index (χ1v) is 9.83. The van der Waals surface area contributed by atoms with E-state index in [9.17, 15) is 23.3 Å². The lowest BCUT2D eigenvalue weighted by molar-refractivity contribution is -0.384. The third-order valence-electron chi connectivity index (χ3n) is 4.45. The third kappa shape index (κ3) is 4.53. The van der Waals surface area contributed by atoms with Gasteiger partial charge in [-0.1, -0.05) is 0 Å². The molecule has 3 rings (SSSR count). The Labute approximate surface area is 155 Å². The first kappa shape index (κ1) is 19.5. The van der Waals surface area contributed by atoms with E-state index in [0.29, 0.717) is 32.9 Å². The van der Waals surface area contributed by atoms with Crippen molar-refractivity contribution in [2.24, 2.45) is 11.1 Å². The minimum Gasteiger partial charge on any atom is -0.380 e. The summed E-state index contributed by atoms with van der Waals surface area (Å²) in [5.74, 6) is -0.0819. The summed E-state index contributed by atoms with van der Waals surface area (Å²) >= 11 is 0. The highest BCUT2D eigenvalue weighted by Crippen LogP contribution is 2.27. The highest BCUT2D eigenvalue weighted by atomic mass is 32.2. The lowest BCUT2D eigenvalue weighted by Crippen LogP contribution is -2.52. The van der Waals surface area contributed by atoms with Gasteiger partial charge >= 0.3 is 0 Å². The Morgan fingerprint density at radius 1 is 1.41 bits per heavy atom. The second kappa shape index (κ2) is 7.76. The van der Waals surface area contributed by atoms with E-state index in [4.69, 9.17) is 14.6 Å². The van der Waals surface area contributed by atoms with Gasteiger partial charge in [-0.05, 0) is 12.1 Å². The molecule has 0 spiro atoms. The van der Waals surface area contributed by atoms with Gasteiger partial charge in [-0.2, -0.15) is 0 Å². The number of nitro groups is 1. The van der Waals surface area contributed by atoms with Gasteiger partial charge in [-0.15, -0.1) is 0 Å². The molecule has 1 aromatic carbocycles. The number of anilines is 1. The number of amides is 1. The van der Waals surface area contributed by atoms with Crippen LogP contribution in [0.25, 0.3) is 0 Å². The number of sulfonamides is 1. The zero-order chi connectivity index (χ0) is 19.6. The van der Waals surface area contributed by atoms with Gasteiger partial charge in [0, 0.05) is 25.7 Å². The number of ether oxygens (including phenoxy) is 2. The molecule has 11 nitrogen and oxygen atoms in total. The Bertz CT molecular complexity index is 841. The molecule has 1 amide bonds. The Morgan fingerprint density at radius 2 is 2.15 bits per heavy atom. The molecule has 2 aliphatic heterocycles. The molecule has 12 heteroatoms. The molecule has 2 aliphatic rings. The number of benzene rings is 1. The Kier molecular flexibility index (Phi) is 5.60. The van der Waals surface area contributed by atoms with Crippen molar-refractivity contribution in [2.45, 2.75) is 11.0 Å². The molecule has 1 atom stereocenters. The maximum atomic E-state index is 12.3. The van der Waals surface area contributed by atoms with Crippen LogP contribution in [0.15, 0.2) is 23.1 Å². The fourth-order valence-electron chi connectivity index (χ4n) is 2.89. The molecule has 0 bridgehead atoms. The van der Waals surface area contributed by atoms with E-state index in [1.165, 1.54) is 12.1 Å². The van der Waals surface area contributed by atoms with E-state index in [2.05, 4.69) is 5.32 Å². The Balaban J connectivity index is 1.65. The molecule has 1 aromatic rings. The molecule has 2 saturated heterocycles. The van der Waals surface area contributed by atoms with Crippen LogP contribution in [0.2, 0.25) is 0 Å². The van der Waals surface area contributed by atoms with Crippen molar-refractivity contribution in [3.8, 4) is 0 Å². The second-order valence-electron chi connectivity index (χ2n) is 6.37. The van der Waals surface area contributed by atoms with Crippen LogP contribution in [-0.2, 0) is 24.3 Å². The molecule has 2 heterocycles. The monoisotopic (exact) mass is 400 g/mol. The number of nitrogens with zero attached hydrogens (tertiary/aromatic N) is 2. The molecule has 27 heavy (non-hydrogen) atoms. The summed E-state index contributed by atoms with van der Waals surface area (Å²) in [5.41, 5.74) is -0.260. The average Bonchev–Trinajstić information content (AvgIpc) is 2.57. The van der Waals surface area contributed by atoms with Gasteiger partial charge in [0.15, 0.2) is 0 Å². The van der Waals surface area contributed by atoms with E-state index in [1.54, 1.807) is 4.90 Å². The van der Waals surface area contributed by atoms with Gasteiger partial charge in [0.05, 0.1) is 41.7 Å². The maximum Gasteiger partial charge on any atom is 0.293 e. The van der Waals surface area contributed by atoms with Gasteiger partial charge in [-0.25, -0.2) is 13.6 Å². The van der Waals surface area contributed by atoms with Crippen molar-refractivity contribution in [2.75, 3.05) is 44.8 Å². The molecule has 0 saturated carbocycles. The van der Waals surface area contributed by atoms with E-state index >= 15 is 0 Å². The zero-order valence-electron chi connectivity index (χ0n) is 14.4. The number of nitrogens with one attached hydrogen (secondary N) is 1. The number of hydrogen-bond donors (Lipinski definition) is 2. The van der Waals surface area contributed by atoms with E-state index < -0.39 is 20.6 Å². The Hall–Kier alpha value is -2.28. The van der Waals surface area contributed by atoms with Gasteiger partial charge in [0.2, 0.25) is 15.9 Å². The minimum atomic E-state index is -4.04. The molecular formula is C15H20N4O7S. The minimum absolute atomic E-state index is 0.0260. The summed E-state index contributed by atoms with van der Waals surface area (Å²) in [6, 6.07) is 3.39. The van der Waals surface area contributed by atoms with Crippen molar-refractivity contribution in [1.82, 2.24) is 4.90 Å². The summed E-state index contributed by atoms with van der Waals surface area (Å²) in [7, 11) is -4.04. The zero-order valence-corrected chi connectivity index (χ0v) is 15.2. The van der Waals surface area contributed by atoms with Gasteiger partial charge in [-0.3, -0.25) is 14.9 Å². The van der Waals surface area contributed by atoms with Crippen LogP contribution in [0.3, 0.4) is 0 Å². The van der Waals surface area contributed by atoms with Crippen LogP contribution in [0, 0.1) is 16.0 Å². The lowest BCUT2D eigenvalue weighted by Gasteiger charge is -2.37. The van der Waals surface area contributed by atoms with E-state index in [-0.39, 0.29) is 35.1 Å². The molecule has 3 N–H and O–H groups in total. The van der Waals surface area contributed by atoms with Crippen LogP contribution in [0.1, 0.15) is 0 Å². The number of hydrogen-bond acceptors (Lipinski definition) is 8. The van der Waals surface area contributed by atoms with Crippen molar-refractivity contribution < 1.29 is 27.6 Å². The molecular weight excluding hydrogens is 380 g/mol. The van der Waals surface area contributed by atoms with E-state index in [0.717, 1.165) is 6.07 Å². The number of rotatable bonds is 6. The van der Waals surface area contributed by atoms with Gasteiger partial charge in [0.25, 0.3) is 5.69 Å². The molecule has 0 aromatic heterocycles. The highest BCUT2D eigenvalue weighted by Gasteiger charge is 2.33. The summed E-state index contributed by atoms with van der Waals surface area (Å²) in [6.45, 7) is 2.32. The number of morpholine rings is 1. The first-order chi connectivity index (χ1) is 12.8. The van der Waals surface area contributed by atoms with Gasteiger partial charge < -0.3 is 19.7 Å². The van der Waals surface area contributed by atoms with Crippen molar-refractivity contribution in [3.63, 3.8) is 0 Å². The summed E-state index contributed by atoms with van der Waals surface area (Å²) in [4.78, 5) is 24.2. The van der Waals surface area contributed by atoms with Crippen LogP contribution < -0.4 is 10.5 Å². The summed E-state index contributed by atoms with van der Waals surface area (Å²) < 4.78 is 33.4. The summed E-state index contributed by atoms with van der Waals surface area (Å²) in [6.07, 6.45) is -0.346. The highest BCUT2D eigenvalue weighted by molar-refractivity contribution is 7.89. The number of primary sulfonamides is 1. The standard InChI is InChI=1S/C15H20N4O7S/c16-27(23,24)12-1-2-13(14(5-12)19(21)22)17-6-11-7-18(3-4-26-11)15(20)10-8-25-9-10/h1-2,5,10-11,17H,3-4,6-9H2,(H2,16,23,24). The summed E-state index contributed by atoms with van der Waals surface area (Å²) in [5, 5.41) is 19.2. The SMILES string of the molecule is NS(=O)(=O)c1ccc(NCC2CN(C(=O)C3COC3)CCO2)c([N+](=O)[O-])c1. The topological polar surface area (TPSA) is 154 Å². The van der Waals surface area contributed by atoms with Crippen molar-refractivity contribution in [1.29, 1.82) is 0 Å². The van der Waals surface area contributed by atoms with Crippen LogP contribution >= 0.6 is 0 Å². The number of carbonyl (C=O) groups is 1. The quantitative estimate of drug-likeness (QED) is 0.480. The Morgan fingerprint density at radius 3 is 2.74 bits per heavy atom. The second-order valence-corrected chi connectivity index (χ2v) is 7.93. The lowest BCUT2D eigenvalue weighted by atomic mass is 10.1. The predicted octanol–water partition coefficient (Wildman–Crippen LogP) is -0.472. The maximum absolute atomic E-state index is 12.3. The molecule has 0 aliphatic carbocycles. The van der Waals surface area contributed by atoms with Crippen molar-refractivity contribution >= 4 is 27.3 Å². The number of nitrogens with two attached hydrogens (primary N) is 1. The van der Waals surface area contributed by atoms with E-state index in [1.807, 2.05) is 0 Å². The van der Waals surface area contributed by atoms with Crippen LogP contribution in [0.4, 0.5) is 11.4 Å². The van der Waals surface area contributed by atoms with Crippen LogP contribution in [-0.4, -0.2) is 69.7 Å².